The monoisotopic (exact) mass is 594 g/mol. The maximum absolute atomic E-state index is 9.64. The Kier molecular flexibility index (Phi) is 6.35. The fourth-order valence-corrected chi connectivity index (χ4v) is 9.27. The quantitative estimate of drug-likeness (QED) is 0.199. The summed E-state index contributed by atoms with van der Waals surface area (Å²) in [5, 5.41) is 11.8. The fourth-order valence-electron chi connectivity index (χ4n) is 9.27. The Balaban J connectivity index is 1.17. The van der Waals surface area contributed by atoms with Crippen LogP contribution in [0.2, 0.25) is 0 Å². The second-order valence-corrected chi connectivity index (χ2v) is 13.8. The number of hydrogen-bond acceptors (Lipinski definition) is 4. The van der Waals surface area contributed by atoms with E-state index in [1.165, 1.54) is 44.1 Å². The van der Waals surface area contributed by atoms with Crippen molar-refractivity contribution in [3.8, 4) is 51.4 Å². The summed E-state index contributed by atoms with van der Waals surface area (Å²) in [5.74, 6) is 4.72. The smallest absolute Gasteiger partial charge is 0.164 e. The Labute approximate surface area is 269 Å². The van der Waals surface area contributed by atoms with E-state index in [-0.39, 0.29) is 0 Å². The normalized spacial score (nSPS) is 23.0. The molecule has 1 heterocycles. The number of benzene rings is 5. The summed E-state index contributed by atoms with van der Waals surface area (Å²) < 4.78 is 0. The maximum atomic E-state index is 9.64. The molecule has 46 heavy (non-hydrogen) atoms. The van der Waals surface area contributed by atoms with E-state index in [0.29, 0.717) is 28.5 Å². The lowest BCUT2D eigenvalue weighted by atomic mass is 9.48. The van der Waals surface area contributed by atoms with Crippen molar-refractivity contribution in [1.82, 2.24) is 15.0 Å². The Morgan fingerprint density at radius 3 is 1.80 bits per heavy atom. The van der Waals surface area contributed by atoms with Crippen LogP contribution in [0.25, 0.3) is 56.1 Å². The molecule has 0 atom stereocenters. The van der Waals surface area contributed by atoms with Crippen LogP contribution < -0.4 is 0 Å². The van der Waals surface area contributed by atoms with Crippen molar-refractivity contribution >= 4 is 10.8 Å². The molecule has 4 aliphatic carbocycles. The van der Waals surface area contributed by atoms with Crippen LogP contribution in [0.3, 0.4) is 0 Å². The van der Waals surface area contributed by atoms with E-state index in [1.54, 1.807) is 0 Å². The third kappa shape index (κ3) is 4.62. The summed E-state index contributed by atoms with van der Waals surface area (Å²) in [6.45, 7) is 0. The molecule has 1 aromatic heterocycles. The van der Waals surface area contributed by atoms with Gasteiger partial charge in [0.2, 0.25) is 0 Å². The van der Waals surface area contributed by atoms with Crippen LogP contribution in [-0.4, -0.2) is 15.0 Å². The van der Waals surface area contributed by atoms with E-state index in [9.17, 15) is 5.26 Å². The first kappa shape index (κ1) is 27.2. The van der Waals surface area contributed by atoms with Gasteiger partial charge in [0.05, 0.1) is 11.6 Å². The standard InChI is InChI=1S/C42H34N4/c43-26-27-13-14-31-9-6-12-36(38(31)22-27)35-10-4-5-11-37(35)41-45-39(32-7-2-1-3-8-32)44-40(46-41)33-15-17-34(18-16-33)42-23-28-19-29(24-42)21-30(20-28)25-42/h1-18,22,28-30H,19-21,23-25H2/t28-,29+,30?,42?. The van der Waals surface area contributed by atoms with Crippen molar-refractivity contribution in [3.05, 3.63) is 126 Å². The molecule has 4 nitrogen and oxygen atoms in total. The van der Waals surface area contributed by atoms with Gasteiger partial charge in [-0.1, -0.05) is 103 Å². The first-order chi connectivity index (χ1) is 22.6. The van der Waals surface area contributed by atoms with Gasteiger partial charge >= 0.3 is 0 Å². The van der Waals surface area contributed by atoms with E-state index in [4.69, 9.17) is 15.0 Å². The summed E-state index contributed by atoms with van der Waals surface area (Å²) in [5.41, 5.74) is 7.48. The highest BCUT2D eigenvalue weighted by atomic mass is 15.0. The predicted octanol–water partition coefficient (Wildman–Crippen LogP) is 10.0. The molecule has 222 valence electrons. The number of rotatable bonds is 5. The molecular weight excluding hydrogens is 560 g/mol. The molecular formula is C42H34N4. The third-order valence-electron chi connectivity index (χ3n) is 10.9. The van der Waals surface area contributed by atoms with Gasteiger partial charge in [-0.15, -0.1) is 0 Å². The van der Waals surface area contributed by atoms with Gasteiger partial charge in [0.1, 0.15) is 0 Å². The number of fused-ring (bicyclic) bond motifs is 1. The molecule has 0 N–H and O–H groups in total. The predicted molar refractivity (Wildman–Crippen MR) is 184 cm³/mol. The summed E-state index contributed by atoms with van der Waals surface area (Å²) in [6.07, 6.45) is 8.42. The summed E-state index contributed by atoms with van der Waals surface area (Å²) in [7, 11) is 0. The lowest BCUT2D eigenvalue weighted by Gasteiger charge is -2.57. The maximum Gasteiger partial charge on any atom is 0.164 e. The van der Waals surface area contributed by atoms with Crippen molar-refractivity contribution in [2.45, 2.75) is 43.9 Å². The van der Waals surface area contributed by atoms with E-state index in [1.807, 2.05) is 42.5 Å². The minimum Gasteiger partial charge on any atom is -0.208 e. The molecule has 6 aromatic rings. The van der Waals surface area contributed by atoms with Crippen molar-refractivity contribution in [2.75, 3.05) is 0 Å². The Hall–Kier alpha value is -5.14. The van der Waals surface area contributed by atoms with Crippen LogP contribution in [0.4, 0.5) is 0 Å². The third-order valence-corrected chi connectivity index (χ3v) is 10.9. The van der Waals surface area contributed by atoms with Gasteiger partial charge in [-0.2, -0.15) is 5.26 Å². The first-order valence-corrected chi connectivity index (χ1v) is 16.6. The molecule has 4 saturated carbocycles. The number of aromatic nitrogens is 3. The van der Waals surface area contributed by atoms with Gasteiger partial charge in [-0.05, 0) is 101 Å². The summed E-state index contributed by atoms with van der Waals surface area (Å²) in [4.78, 5) is 15.3. The number of nitrogens with zero attached hydrogens (tertiary/aromatic N) is 4. The molecule has 0 unspecified atom stereocenters. The average molecular weight is 595 g/mol. The van der Waals surface area contributed by atoms with Crippen molar-refractivity contribution in [3.63, 3.8) is 0 Å². The highest BCUT2D eigenvalue weighted by Crippen LogP contribution is 2.60. The van der Waals surface area contributed by atoms with Crippen LogP contribution >= 0.6 is 0 Å². The van der Waals surface area contributed by atoms with E-state index in [0.717, 1.165) is 56.3 Å². The van der Waals surface area contributed by atoms with Gasteiger partial charge in [-0.3, -0.25) is 0 Å². The SMILES string of the molecule is N#Cc1ccc2cccc(-c3ccccc3-c3nc(-c4ccccc4)nc(-c4ccc(C56CC7C[C@H](C5)C[C@@H](C7)C6)cc4)n3)c2c1. The van der Waals surface area contributed by atoms with Crippen LogP contribution in [-0.2, 0) is 5.41 Å². The molecule has 0 saturated heterocycles. The zero-order valence-corrected chi connectivity index (χ0v) is 25.7. The topological polar surface area (TPSA) is 62.5 Å². The minimum absolute atomic E-state index is 0.357. The van der Waals surface area contributed by atoms with Crippen LogP contribution in [0, 0.1) is 29.1 Å². The number of hydrogen-bond donors (Lipinski definition) is 0. The molecule has 0 amide bonds. The summed E-state index contributed by atoms with van der Waals surface area (Å²) >= 11 is 0. The van der Waals surface area contributed by atoms with E-state index in [2.05, 4.69) is 78.9 Å². The second-order valence-electron chi connectivity index (χ2n) is 13.8. The summed E-state index contributed by atoms with van der Waals surface area (Å²) in [6, 6.07) is 42.1. The zero-order valence-electron chi connectivity index (χ0n) is 25.7. The van der Waals surface area contributed by atoms with Crippen molar-refractivity contribution in [2.24, 2.45) is 17.8 Å². The molecule has 4 bridgehead atoms. The van der Waals surface area contributed by atoms with E-state index >= 15 is 0 Å². The fraction of sp³-hybridized carbons (Fsp3) is 0.238. The molecule has 0 spiro atoms. The Bertz CT molecular complexity index is 2110. The van der Waals surface area contributed by atoms with E-state index < -0.39 is 0 Å². The Morgan fingerprint density at radius 1 is 0.543 bits per heavy atom. The highest BCUT2D eigenvalue weighted by molar-refractivity contribution is 6.00. The van der Waals surface area contributed by atoms with Gasteiger partial charge < -0.3 is 0 Å². The van der Waals surface area contributed by atoms with Crippen LogP contribution in [0.5, 0.6) is 0 Å². The average Bonchev–Trinajstić information content (AvgIpc) is 3.11. The molecule has 5 aromatic carbocycles. The molecule has 0 radical (unpaired) electrons. The van der Waals surface area contributed by atoms with Gasteiger partial charge in [-0.25, -0.2) is 15.0 Å². The number of nitriles is 1. The minimum atomic E-state index is 0.357. The molecule has 4 fully saturated rings. The lowest BCUT2D eigenvalue weighted by molar-refractivity contribution is -0.00518. The van der Waals surface area contributed by atoms with Gasteiger partial charge in [0.25, 0.3) is 0 Å². The molecule has 0 aliphatic heterocycles. The Morgan fingerprint density at radius 2 is 1.13 bits per heavy atom. The lowest BCUT2D eigenvalue weighted by Crippen LogP contribution is -2.48. The van der Waals surface area contributed by atoms with Crippen molar-refractivity contribution < 1.29 is 0 Å². The van der Waals surface area contributed by atoms with Crippen LogP contribution in [0.15, 0.2) is 115 Å². The zero-order chi connectivity index (χ0) is 30.7. The van der Waals surface area contributed by atoms with Gasteiger partial charge in [0.15, 0.2) is 17.5 Å². The van der Waals surface area contributed by atoms with Crippen molar-refractivity contribution in [1.29, 1.82) is 5.26 Å². The highest BCUT2D eigenvalue weighted by Gasteiger charge is 2.51. The van der Waals surface area contributed by atoms with Crippen LogP contribution in [0.1, 0.15) is 49.7 Å². The molecule has 4 heteroatoms. The molecule has 4 aliphatic rings. The largest absolute Gasteiger partial charge is 0.208 e. The first-order valence-electron chi connectivity index (χ1n) is 16.6. The molecule has 10 rings (SSSR count). The second kappa shape index (κ2) is 10.7. The van der Waals surface area contributed by atoms with Gasteiger partial charge in [0, 0.05) is 16.7 Å².